The van der Waals surface area contributed by atoms with Gasteiger partial charge in [-0.1, -0.05) is 36.4 Å². The number of rotatable bonds is 7. The fraction of sp³-hybridized carbons (Fsp3) is 0.120. The lowest BCUT2D eigenvalue weighted by Crippen LogP contribution is -2.14. The molecule has 0 atom stereocenters. The minimum Gasteiger partial charge on any atom is -0.497 e. The lowest BCUT2D eigenvalue weighted by atomic mass is 10.1. The van der Waals surface area contributed by atoms with E-state index in [1.54, 1.807) is 56.6 Å². The number of halogens is 1. The van der Waals surface area contributed by atoms with Gasteiger partial charge in [-0.15, -0.1) is 0 Å². The van der Waals surface area contributed by atoms with E-state index >= 15 is 0 Å². The molecule has 1 aromatic heterocycles. The summed E-state index contributed by atoms with van der Waals surface area (Å²) in [5.74, 6) is 0.197. The monoisotopic (exact) mass is 450 g/mol. The predicted molar refractivity (Wildman–Crippen MR) is 124 cm³/mol. The van der Waals surface area contributed by atoms with Crippen LogP contribution in [0.15, 0.2) is 90.0 Å². The van der Waals surface area contributed by atoms with Crippen LogP contribution >= 0.6 is 0 Å². The average molecular weight is 451 g/mol. The van der Waals surface area contributed by atoms with E-state index < -0.39 is 15.8 Å². The Hall–Kier alpha value is -3.42. The maximum Gasteiger partial charge on any atom is 0.268 e. The van der Waals surface area contributed by atoms with Crippen molar-refractivity contribution in [2.24, 2.45) is 0 Å². The normalized spacial score (nSPS) is 11.5. The molecule has 7 heteroatoms. The number of benzene rings is 3. The third-order valence-corrected chi connectivity index (χ3v) is 6.84. The van der Waals surface area contributed by atoms with Crippen molar-refractivity contribution >= 4 is 10.0 Å². The Kier molecular flexibility index (Phi) is 6.12. The fourth-order valence-electron chi connectivity index (χ4n) is 3.61. The number of hydrogen-bond acceptors (Lipinski definition) is 4. The number of ether oxygens (including phenoxy) is 1. The van der Waals surface area contributed by atoms with Crippen molar-refractivity contribution in [3.05, 3.63) is 96.4 Å². The topological polar surface area (TPSA) is 60.3 Å². The summed E-state index contributed by atoms with van der Waals surface area (Å²) in [6, 6.07) is 22.0. The Bertz CT molecular complexity index is 1360. The first-order chi connectivity index (χ1) is 15.4. The molecule has 0 radical (unpaired) electrons. The molecule has 1 heterocycles. The summed E-state index contributed by atoms with van der Waals surface area (Å²) < 4.78 is 48.3. The van der Waals surface area contributed by atoms with Gasteiger partial charge in [0, 0.05) is 18.3 Å². The summed E-state index contributed by atoms with van der Waals surface area (Å²) in [6.45, 7) is 0.452. The molecule has 0 spiro atoms. The van der Waals surface area contributed by atoms with Crippen LogP contribution in [0.4, 0.5) is 4.39 Å². The van der Waals surface area contributed by atoms with Gasteiger partial charge in [-0.25, -0.2) is 16.8 Å². The number of nitrogens with zero attached hydrogens (tertiary/aromatic N) is 1. The minimum atomic E-state index is -3.99. The molecule has 0 bridgehead atoms. The molecule has 0 aliphatic carbocycles. The zero-order valence-corrected chi connectivity index (χ0v) is 18.6. The number of nitrogens with one attached hydrogen (secondary N) is 1. The highest BCUT2D eigenvalue weighted by molar-refractivity contribution is 7.90. The van der Waals surface area contributed by atoms with Gasteiger partial charge in [0.1, 0.15) is 11.6 Å². The lowest BCUT2D eigenvalue weighted by molar-refractivity contribution is 0.415. The summed E-state index contributed by atoms with van der Waals surface area (Å²) in [5.41, 5.74) is 2.81. The number of aromatic nitrogens is 1. The summed E-state index contributed by atoms with van der Waals surface area (Å²) in [5, 5.41) is 3.01. The van der Waals surface area contributed by atoms with Crippen molar-refractivity contribution in [3.63, 3.8) is 0 Å². The molecule has 5 nitrogen and oxygen atoms in total. The summed E-state index contributed by atoms with van der Waals surface area (Å²) in [4.78, 5) is 0.113. The Labute approximate surface area is 187 Å². The largest absolute Gasteiger partial charge is 0.497 e. The SMILES string of the molecule is CNCc1cc(-c2ccccc2F)n(S(=O)(=O)c2cccc(-c3cccc(OC)c3)c2)c1. The molecule has 0 saturated carbocycles. The third kappa shape index (κ3) is 4.17. The molecule has 4 aromatic rings. The van der Waals surface area contributed by atoms with Gasteiger partial charge in [0.25, 0.3) is 10.0 Å². The minimum absolute atomic E-state index is 0.113. The van der Waals surface area contributed by atoms with Crippen molar-refractivity contribution in [1.82, 2.24) is 9.29 Å². The molecule has 0 fully saturated rings. The fourth-order valence-corrected chi connectivity index (χ4v) is 5.05. The Morgan fingerprint density at radius 3 is 2.38 bits per heavy atom. The summed E-state index contributed by atoms with van der Waals surface area (Å²) in [7, 11) is -0.635. The predicted octanol–water partition coefficient (Wildman–Crippen LogP) is 4.93. The highest BCUT2D eigenvalue weighted by Gasteiger charge is 2.23. The van der Waals surface area contributed by atoms with Gasteiger partial charge in [0.15, 0.2) is 0 Å². The zero-order chi connectivity index (χ0) is 22.7. The molecular formula is C25H23FN2O3S. The molecule has 0 amide bonds. The standard InChI is InChI=1S/C25H23FN2O3S/c1-27-16-18-13-25(23-11-3-4-12-24(23)26)28(17-18)32(29,30)22-10-6-8-20(15-22)19-7-5-9-21(14-19)31-2/h3-15,17,27H,16H2,1-2H3. The lowest BCUT2D eigenvalue weighted by Gasteiger charge is -2.13. The van der Waals surface area contributed by atoms with Crippen LogP contribution in [0.1, 0.15) is 5.56 Å². The second kappa shape index (κ2) is 8.98. The smallest absolute Gasteiger partial charge is 0.268 e. The van der Waals surface area contributed by atoms with Crippen LogP contribution in [-0.4, -0.2) is 26.5 Å². The zero-order valence-electron chi connectivity index (χ0n) is 17.7. The first-order valence-corrected chi connectivity index (χ1v) is 11.5. The third-order valence-electron chi connectivity index (χ3n) is 5.17. The van der Waals surface area contributed by atoms with E-state index in [0.29, 0.717) is 12.3 Å². The van der Waals surface area contributed by atoms with Gasteiger partial charge in [0.05, 0.1) is 17.7 Å². The number of methoxy groups -OCH3 is 1. The van der Waals surface area contributed by atoms with E-state index in [4.69, 9.17) is 4.74 Å². The van der Waals surface area contributed by atoms with E-state index in [1.165, 1.54) is 12.3 Å². The Morgan fingerprint density at radius 1 is 0.938 bits per heavy atom. The second-order valence-corrected chi connectivity index (χ2v) is 9.12. The summed E-state index contributed by atoms with van der Waals surface area (Å²) in [6.07, 6.45) is 1.53. The quantitative estimate of drug-likeness (QED) is 0.434. The molecule has 32 heavy (non-hydrogen) atoms. The van der Waals surface area contributed by atoms with Crippen LogP contribution < -0.4 is 10.1 Å². The second-order valence-electron chi connectivity index (χ2n) is 7.30. The molecule has 0 unspecified atom stereocenters. The van der Waals surface area contributed by atoms with Gasteiger partial charge >= 0.3 is 0 Å². The van der Waals surface area contributed by atoms with E-state index in [0.717, 1.165) is 20.7 Å². The van der Waals surface area contributed by atoms with Crippen LogP contribution in [0.25, 0.3) is 22.4 Å². The van der Waals surface area contributed by atoms with Crippen LogP contribution in [0, 0.1) is 5.82 Å². The first kappa shape index (κ1) is 21.8. The Balaban J connectivity index is 1.85. The van der Waals surface area contributed by atoms with E-state index in [2.05, 4.69) is 5.32 Å². The highest BCUT2D eigenvalue weighted by Crippen LogP contribution is 2.31. The van der Waals surface area contributed by atoms with Gasteiger partial charge in [-0.3, -0.25) is 0 Å². The summed E-state index contributed by atoms with van der Waals surface area (Å²) >= 11 is 0. The molecule has 0 saturated heterocycles. The van der Waals surface area contributed by atoms with Gasteiger partial charge in [-0.2, -0.15) is 0 Å². The first-order valence-electron chi connectivity index (χ1n) is 10.0. The van der Waals surface area contributed by atoms with Crippen molar-refractivity contribution in [3.8, 4) is 28.1 Å². The van der Waals surface area contributed by atoms with E-state index in [-0.39, 0.29) is 16.2 Å². The number of hydrogen-bond donors (Lipinski definition) is 1. The molecule has 164 valence electrons. The van der Waals surface area contributed by atoms with E-state index in [9.17, 15) is 12.8 Å². The highest BCUT2D eigenvalue weighted by atomic mass is 32.2. The van der Waals surface area contributed by atoms with Gasteiger partial charge in [-0.05, 0) is 66.2 Å². The average Bonchev–Trinajstić information content (AvgIpc) is 3.24. The van der Waals surface area contributed by atoms with E-state index in [1.807, 2.05) is 30.3 Å². The van der Waals surface area contributed by atoms with Gasteiger partial charge < -0.3 is 10.1 Å². The molecular weight excluding hydrogens is 427 g/mol. The molecule has 4 rings (SSSR count). The molecule has 1 N–H and O–H groups in total. The van der Waals surface area contributed by atoms with Crippen molar-refractivity contribution in [2.45, 2.75) is 11.4 Å². The maximum atomic E-state index is 14.6. The van der Waals surface area contributed by atoms with Crippen molar-refractivity contribution in [1.29, 1.82) is 0 Å². The molecule has 3 aromatic carbocycles. The maximum absolute atomic E-state index is 14.6. The van der Waals surface area contributed by atoms with Crippen molar-refractivity contribution < 1.29 is 17.5 Å². The van der Waals surface area contributed by atoms with Crippen LogP contribution in [0.3, 0.4) is 0 Å². The molecule has 0 aliphatic rings. The van der Waals surface area contributed by atoms with Crippen LogP contribution in [-0.2, 0) is 16.6 Å². The van der Waals surface area contributed by atoms with Crippen LogP contribution in [0.5, 0.6) is 5.75 Å². The van der Waals surface area contributed by atoms with Crippen LogP contribution in [0.2, 0.25) is 0 Å². The Morgan fingerprint density at radius 2 is 1.66 bits per heavy atom. The van der Waals surface area contributed by atoms with Gasteiger partial charge in [0.2, 0.25) is 0 Å². The van der Waals surface area contributed by atoms with Crippen molar-refractivity contribution in [2.75, 3.05) is 14.2 Å². The molecule has 0 aliphatic heterocycles.